The van der Waals surface area contributed by atoms with Crippen LogP contribution < -0.4 is 0 Å². The number of aliphatic hydroxyl groups excluding tert-OH is 1. The van der Waals surface area contributed by atoms with E-state index in [9.17, 15) is 0 Å². The van der Waals surface area contributed by atoms with E-state index < -0.39 is 6.10 Å². The van der Waals surface area contributed by atoms with Gasteiger partial charge in [-0.15, -0.1) is 6.42 Å². The maximum Gasteiger partial charge on any atom is 0.137 e. The van der Waals surface area contributed by atoms with Gasteiger partial charge in [0.15, 0.2) is 0 Å². The van der Waals surface area contributed by atoms with E-state index in [2.05, 4.69) is 47.9 Å². The summed E-state index contributed by atoms with van der Waals surface area (Å²) in [6.45, 7) is 0.219. The zero-order chi connectivity index (χ0) is 7.70. The third kappa shape index (κ3) is 12.2. The second-order valence-corrected chi connectivity index (χ2v) is 1.14. The Kier molecular flexibility index (Phi) is 16.4. The van der Waals surface area contributed by atoms with E-state index in [4.69, 9.17) is 11.5 Å². The van der Waals surface area contributed by atoms with Crippen molar-refractivity contribution in [3.05, 3.63) is 0 Å². The van der Waals surface area contributed by atoms with Crippen LogP contribution in [0.25, 0.3) is 0 Å². The van der Waals surface area contributed by atoms with Gasteiger partial charge in [-0.25, -0.2) is 0 Å². The number of rotatable bonds is 2. The molecule has 0 aromatic heterocycles. The van der Waals surface area contributed by atoms with Crippen LogP contribution in [0.2, 0.25) is 0 Å². The molecule has 54 valence electrons. The van der Waals surface area contributed by atoms with Crippen LogP contribution in [0.1, 0.15) is 0 Å². The number of hydrogen-bond donors (Lipinski definition) is 1. The first-order valence-corrected chi connectivity index (χ1v) is 8.37. The average molecular weight is 354 g/mol. The molecule has 0 rings (SSSR count). The maximum atomic E-state index is 8.50. The van der Waals surface area contributed by atoms with Crippen molar-refractivity contribution in [2.24, 2.45) is 0 Å². The van der Waals surface area contributed by atoms with Crippen molar-refractivity contribution in [2.45, 2.75) is 6.10 Å². The molecular formula is C5H8I2O2. The summed E-state index contributed by atoms with van der Waals surface area (Å²) in [6.07, 6.45) is 4.03. The fraction of sp³-hybridized carbons (Fsp3) is 0.600. The standard InChI is InChI=1S/C5H8O2.I2/c1-3-5(6)4-7-2;1-2/h1,5-6H,4H2,2H3;. The molecule has 1 N–H and O–H groups in total. The van der Waals surface area contributed by atoms with Crippen molar-refractivity contribution in [3.63, 3.8) is 0 Å². The highest BCUT2D eigenvalue weighted by Gasteiger charge is 1.92. The number of terminal acetylenes is 1. The lowest BCUT2D eigenvalue weighted by Gasteiger charge is -1.96. The molecular weight excluding hydrogens is 346 g/mol. The summed E-state index contributed by atoms with van der Waals surface area (Å²) in [7, 11) is 1.49. The average Bonchev–Trinajstić information content (AvgIpc) is 1.93. The monoisotopic (exact) mass is 354 g/mol. The van der Waals surface area contributed by atoms with Gasteiger partial charge >= 0.3 is 0 Å². The minimum Gasteiger partial charge on any atom is -0.381 e. The van der Waals surface area contributed by atoms with Crippen molar-refractivity contribution in [1.29, 1.82) is 0 Å². The van der Waals surface area contributed by atoms with Crippen molar-refractivity contribution < 1.29 is 9.84 Å². The van der Waals surface area contributed by atoms with Gasteiger partial charge in [-0.2, -0.15) is 0 Å². The minimum absolute atomic E-state index is 0.219. The molecule has 0 saturated heterocycles. The first-order chi connectivity index (χ1) is 4.31. The van der Waals surface area contributed by atoms with Crippen molar-refractivity contribution in [1.82, 2.24) is 0 Å². The van der Waals surface area contributed by atoms with E-state index in [0.29, 0.717) is 0 Å². The summed E-state index contributed by atoms with van der Waals surface area (Å²) in [6, 6.07) is 0. The molecule has 0 aromatic rings. The first kappa shape index (κ1) is 12.6. The largest absolute Gasteiger partial charge is 0.381 e. The van der Waals surface area contributed by atoms with Crippen LogP contribution in [0.5, 0.6) is 0 Å². The smallest absolute Gasteiger partial charge is 0.137 e. The maximum absolute atomic E-state index is 8.50. The normalized spacial score (nSPS) is 10.6. The van der Waals surface area contributed by atoms with Gasteiger partial charge in [0.2, 0.25) is 0 Å². The van der Waals surface area contributed by atoms with Gasteiger partial charge in [-0.3, -0.25) is 0 Å². The van der Waals surface area contributed by atoms with Crippen molar-refractivity contribution >= 4 is 37.2 Å². The summed E-state index contributed by atoms with van der Waals surface area (Å²) in [5.41, 5.74) is 0. The van der Waals surface area contributed by atoms with E-state index in [1.807, 2.05) is 0 Å². The zero-order valence-corrected chi connectivity index (χ0v) is 9.29. The van der Waals surface area contributed by atoms with Crippen molar-refractivity contribution in [2.75, 3.05) is 13.7 Å². The van der Waals surface area contributed by atoms with Crippen LogP contribution in [0.3, 0.4) is 0 Å². The fourth-order valence-electron chi connectivity index (χ4n) is 0.206. The Labute approximate surface area is 78.7 Å². The quantitative estimate of drug-likeness (QED) is 0.600. The predicted octanol–water partition coefficient (Wildman–Crippen LogP) is 1.40. The molecule has 0 aliphatic heterocycles. The van der Waals surface area contributed by atoms with Gasteiger partial charge < -0.3 is 9.84 Å². The molecule has 0 saturated carbocycles. The SMILES string of the molecule is C#CC(O)COC.II. The number of ether oxygens (including phenoxy) is 1. The van der Waals surface area contributed by atoms with Gasteiger partial charge in [-0.1, -0.05) is 5.92 Å². The number of aliphatic hydroxyl groups is 1. The highest BCUT2D eigenvalue weighted by atomic mass is 128. The van der Waals surface area contributed by atoms with E-state index in [-0.39, 0.29) is 6.61 Å². The van der Waals surface area contributed by atoms with E-state index >= 15 is 0 Å². The molecule has 0 fully saturated rings. The molecule has 1 atom stereocenters. The zero-order valence-electron chi connectivity index (χ0n) is 4.97. The van der Waals surface area contributed by atoms with Crippen LogP contribution in [-0.4, -0.2) is 24.9 Å². The van der Waals surface area contributed by atoms with E-state index in [0.717, 1.165) is 0 Å². The number of hydrogen-bond acceptors (Lipinski definition) is 2. The van der Waals surface area contributed by atoms with Crippen LogP contribution in [0.4, 0.5) is 0 Å². The Morgan fingerprint density at radius 2 is 2.22 bits per heavy atom. The van der Waals surface area contributed by atoms with Crippen LogP contribution >= 0.6 is 37.2 Å². The Balaban J connectivity index is 0. The summed E-state index contributed by atoms with van der Waals surface area (Å²) >= 11 is 4.24. The molecule has 4 heteroatoms. The van der Waals surface area contributed by atoms with Crippen LogP contribution in [-0.2, 0) is 4.74 Å². The summed E-state index contributed by atoms with van der Waals surface area (Å²) < 4.78 is 4.50. The molecule has 0 spiro atoms. The van der Waals surface area contributed by atoms with Crippen molar-refractivity contribution in [3.8, 4) is 12.3 Å². The summed E-state index contributed by atoms with van der Waals surface area (Å²) in [5, 5.41) is 8.50. The van der Waals surface area contributed by atoms with E-state index in [1.54, 1.807) is 0 Å². The van der Waals surface area contributed by atoms with Crippen LogP contribution in [0, 0.1) is 12.3 Å². The molecule has 0 heterocycles. The lowest BCUT2D eigenvalue weighted by molar-refractivity contribution is 0.0988. The molecule has 0 amide bonds. The highest BCUT2D eigenvalue weighted by molar-refractivity contribution is 15.0. The third-order valence-electron chi connectivity index (χ3n) is 0.517. The number of methoxy groups -OCH3 is 1. The van der Waals surface area contributed by atoms with Gasteiger partial charge in [0, 0.05) is 44.3 Å². The lowest BCUT2D eigenvalue weighted by Crippen LogP contribution is -2.09. The van der Waals surface area contributed by atoms with E-state index in [1.165, 1.54) is 7.11 Å². The third-order valence-corrected chi connectivity index (χ3v) is 0.517. The highest BCUT2D eigenvalue weighted by Crippen LogP contribution is 1.89. The Morgan fingerprint density at radius 1 is 1.78 bits per heavy atom. The molecule has 0 aliphatic carbocycles. The minimum atomic E-state index is -0.745. The topological polar surface area (TPSA) is 29.5 Å². The van der Waals surface area contributed by atoms with Gasteiger partial charge in [0.25, 0.3) is 0 Å². The van der Waals surface area contributed by atoms with Crippen LogP contribution in [0.15, 0.2) is 0 Å². The Hall–Kier alpha value is 0.940. The molecule has 0 aliphatic rings. The second-order valence-electron chi connectivity index (χ2n) is 1.14. The molecule has 9 heavy (non-hydrogen) atoms. The molecule has 1 unspecified atom stereocenters. The Bertz CT molecular complexity index is 79.5. The predicted molar refractivity (Wildman–Crippen MR) is 54.8 cm³/mol. The van der Waals surface area contributed by atoms with Gasteiger partial charge in [-0.05, 0) is 0 Å². The molecule has 0 radical (unpaired) electrons. The summed E-state index contributed by atoms with van der Waals surface area (Å²) in [5.74, 6) is 2.10. The number of halogens is 2. The summed E-state index contributed by atoms with van der Waals surface area (Å²) in [4.78, 5) is 0. The van der Waals surface area contributed by atoms with Gasteiger partial charge in [0.1, 0.15) is 6.10 Å². The van der Waals surface area contributed by atoms with Gasteiger partial charge in [0.05, 0.1) is 6.61 Å². The lowest BCUT2D eigenvalue weighted by atomic mass is 10.4. The fourth-order valence-corrected chi connectivity index (χ4v) is 0.206. The molecule has 2 nitrogen and oxygen atoms in total. The molecule has 0 aromatic carbocycles. The Morgan fingerprint density at radius 3 is 2.33 bits per heavy atom. The first-order valence-electron chi connectivity index (χ1n) is 2.08. The second kappa shape index (κ2) is 11.7. The molecule has 0 bridgehead atoms.